The summed E-state index contributed by atoms with van der Waals surface area (Å²) in [7, 11) is 0. The molecule has 0 atom stereocenters. The van der Waals surface area contributed by atoms with Gasteiger partial charge in [-0.25, -0.2) is 5.43 Å². The number of aromatic nitrogens is 1. The van der Waals surface area contributed by atoms with Crippen LogP contribution in [0.2, 0.25) is 0 Å². The molecule has 1 heterocycles. The van der Waals surface area contributed by atoms with E-state index in [1.165, 1.54) is 6.42 Å². The molecule has 23 heavy (non-hydrogen) atoms. The third-order valence-corrected chi connectivity index (χ3v) is 3.96. The Morgan fingerprint density at radius 3 is 2.78 bits per heavy atom. The highest BCUT2D eigenvalue weighted by molar-refractivity contribution is 6.00. The molecule has 0 unspecified atom stereocenters. The van der Waals surface area contributed by atoms with Crippen molar-refractivity contribution in [2.45, 2.75) is 52.0 Å². The fourth-order valence-electron chi connectivity index (χ4n) is 2.64. The first-order valence-corrected chi connectivity index (χ1v) is 8.14. The average molecular weight is 316 g/mol. The number of rotatable bonds is 6. The van der Waals surface area contributed by atoms with Crippen molar-refractivity contribution in [2.75, 3.05) is 0 Å². The number of nitrogens with one attached hydrogen (secondary N) is 2. The first-order chi connectivity index (χ1) is 11.1. The first-order valence-electron chi connectivity index (χ1n) is 8.14. The summed E-state index contributed by atoms with van der Waals surface area (Å²) in [4.78, 5) is 27.8. The van der Waals surface area contributed by atoms with Crippen molar-refractivity contribution in [1.29, 1.82) is 0 Å². The van der Waals surface area contributed by atoms with Crippen LogP contribution in [0.25, 0.3) is 0 Å². The maximum atomic E-state index is 12.0. The highest BCUT2D eigenvalue weighted by Gasteiger charge is 2.20. The summed E-state index contributed by atoms with van der Waals surface area (Å²) in [5.41, 5.74) is 4.13. The van der Waals surface area contributed by atoms with Crippen LogP contribution in [0.4, 0.5) is 0 Å². The third kappa shape index (κ3) is 6.18. The van der Waals surface area contributed by atoms with Crippen molar-refractivity contribution in [3.05, 3.63) is 30.1 Å². The number of hydrogen-bond donors (Lipinski definition) is 2. The summed E-state index contributed by atoms with van der Waals surface area (Å²) in [5, 5.41) is 6.85. The van der Waals surface area contributed by atoms with Crippen LogP contribution in [0.3, 0.4) is 0 Å². The van der Waals surface area contributed by atoms with Gasteiger partial charge in [-0.15, -0.1) is 0 Å². The summed E-state index contributed by atoms with van der Waals surface area (Å²) in [6.45, 7) is 2.18. The van der Waals surface area contributed by atoms with Gasteiger partial charge in [-0.05, 0) is 31.4 Å². The minimum absolute atomic E-state index is 0.0279. The van der Waals surface area contributed by atoms with E-state index in [1.54, 1.807) is 19.3 Å². The number of pyridine rings is 1. The molecule has 1 aromatic heterocycles. The maximum Gasteiger partial charge on any atom is 0.243 e. The lowest BCUT2D eigenvalue weighted by atomic mass is 9.89. The lowest BCUT2D eigenvalue weighted by Crippen LogP contribution is -2.30. The Morgan fingerprint density at radius 1 is 1.30 bits per heavy atom. The molecule has 2 rings (SSSR count). The molecular weight excluding hydrogens is 292 g/mol. The highest BCUT2D eigenvalue weighted by atomic mass is 16.2. The first kappa shape index (κ1) is 17.1. The van der Waals surface area contributed by atoms with Crippen LogP contribution in [0.15, 0.2) is 29.6 Å². The molecule has 1 aromatic rings. The van der Waals surface area contributed by atoms with E-state index in [4.69, 9.17) is 0 Å². The van der Waals surface area contributed by atoms with E-state index in [9.17, 15) is 9.59 Å². The summed E-state index contributed by atoms with van der Waals surface area (Å²) in [6, 6.07) is 3.73. The van der Waals surface area contributed by atoms with Crippen molar-refractivity contribution in [2.24, 2.45) is 11.0 Å². The van der Waals surface area contributed by atoms with Gasteiger partial charge in [0.2, 0.25) is 11.8 Å². The molecule has 0 radical (unpaired) electrons. The van der Waals surface area contributed by atoms with Gasteiger partial charge in [-0.3, -0.25) is 14.6 Å². The Hall–Kier alpha value is -2.24. The molecular formula is C17H24N4O2. The highest BCUT2D eigenvalue weighted by Crippen LogP contribution is 2.23. The zero-order valence-corrected chi connectivity index (χ0v) is 13.5. The molecule has 0 spiro atoms. The van der Waals surface area contributed by atoms with E-state index in [0.717, 1.165) is 31.2 Å². The number of amides is 2. The smallest absolute Gasteiger partial charge is 0.243 e. The van der Waals surface area contributed by atoms with Gasteiger partial charge in [0.15, 0.2) is 0 Å². The van der Waals surface area contributed by atoms with E-state index in [1.807, 2.05) is 12.1 Å². The van der Waals surface area contributed by atoms with Gasteiger partial charge >= 0.3 is 0 Å². The van der Waals surface area contributed by atoms with Crippen LogP contribution in [0.5, 0.6) is 0 Å². The fourth-order valence-corrected chi connectivity index (χ4v) is 2.64. The summed E-state index contributed by atoms with van der Waals surface area (Å²) in [5.74, 6) is -0.0819. The second kappa shape index (κ2) is 9.02. The van der Waals surface area contributed by atoms with Crippen LogP contribution in [-0.2, 0) is 16.1 Å². The van der Waals surface area contributed by atoms with Crippen LogP contribution in [0, 0.1) is 5.92 Å². The Kier molecular flexibility index (Phi) is 6.72. The minimum atomic E-state index is -0.123. The van der Waals surface area contributed by atoms with Crippen molar-refractivity contribution in [1.82, 2.24) is 15.7 Å². The zero-order valence-electron chi connectivity index (χ0n) is 13.5. The number of hydrazone groups is 1. The molecule has 6 heteroatoms. The fraction of sp³-hybridized carbons (Fsp3) is 0.529. The molecule has 124 valence electrons. The lowest BCUT2D eigenvalue weighted by molar-refractivity contribution is -0.126. The van der Waals surface area contributed by atoms with E-state index >= 15 is 0 Å². The predicted molar refractivity (Wildman–Crippen MR) is 88.5 cm³/mol. The maximum absolute atomic E-state index is 12.0. The molecule has 0 aromatic carbocycles. The van der Waals surface area contributed by atoms with E-state index in [0.29, 0.717) is 12.3 Å². The standard InChI is InChI=1S/C17H24N4O2/c1-13(20-21-17(23)15-7-3-2-4-8-15)10-16(22)19-12-14-6-5-9-18-11-14/h5-6,9,11,15H,2-4,7-8,10,12H2,1H3,(H,19,22)(H,21,23)/b20-13-. The van der Waals surface area contributed by atoms with Crippen LogP contribution in [0.1, 0.15) is 51.0 Å². The van der Waals surface area contributed by atoms with Gasteiger partial charge in [0.25, 0.3) is 0 Å². The molecule has 2 N–H and O–H groups in total. The topological polar surface area (TPSA) is 83.4 Å². The summed E-state index contributed by atoms with van der Waals surface area (Å²) >= 11 is 0. The van der Waals surface area contributed by atoms with Gasteiger partial charge in [-0.1, -0.05) is 25.3 Å². The molecule has 0 bridgehead atoms. The lowest BCUT2D eigenvalue weighted by Gasteiger charge is -2.19. The molecule has 0 aliphatic heterocycles. The molecule has 1 aliphatic carbocycles. The largest absolute Gasteiger partial charge is 0.352 e. The van der Waals surface area contributed by atoms with Crippen LogP contribution in [-0.4, -0.2) is 22.5 Å². The number of nitrogens with zero attached hydrogens (tertiary/aromatic N) is 2. The van der Waals surface area contributed by atoms with Crippen LogP contribution >= 0.6 is 0 Å². The van der Waals surface area contributed by atoms with Crippen molar-refractivity contribution < 1.29 is 9.59 Å². The summed E-state index contributed by atoms with van der Waals surface area (Å²) < 4.78 is 0. The molecule has 1 fully saturated rings. The van der Waals surface area contributed by atoms with E-state index < -0.39 is 0 Å². The second-order valence-corrected chi connectivity index (χ2v) is 5.97. The minimum Gasteiger partial charge on any atom is -0.352 e. The monoisotopic (exact) mass is 316 g/mol. The van der Waals surface area contributed by atoms with Crippen molar-refractivity contribution >= 4 is 17.5 Å². The SMILES string of the molecule is C/C(CC(=O)NCc1cccnc1)=N/NC(=O)C1CCCCC1. The summed E-state index contributed by atoms with van der Waals surface area (Å²) in [6.07, 6.45) is 8.88. The van der Waals surface area contributed by atoms with E-state index in [-0.39, 0.29) is 24.2 Å². The number of hydrogen-bond acceptors (Lipinski definition) is 4. The van der Waals surface area contributed by atoms with Gasteiger partial charge < -0.3 is 5.32 Å². The van der Waals surface area contributed by atoms with Gasteiger partial charge in [0, 0.05) is 30.6 Å². The zero-order chi connectivity index (χ0) is 16.5. The number of carbonyl (C=O) groups excluding carboxylic acids is 2. The van der Waals surface area contributed by atoms with Crippen LogP contribution < -0.4 is 10.7 Å². The quantitative estimate of drug-likeness (QED) is 0.623. The average Bonchev–Trinajstić information content (AvgIpc) is 2.59. The Balaban J connectivity index is 1.71. The third-order valence-electron chi connectivity index (χ3n) is 3.96. The molecule has 2 amide bonds. The predicted octanol–water partition coefficient (Wildman–Crippen LogP) is 2.16. The molecule has 6 nitrogen and oxygen atoms in total. The molecule has 0 saturated heterocycles. The normalized spacial score (nSPS) is 16.0. The number of carbonyl (C=O) groups is 2. The van der Waals surface area contributed by atoms with E-state index in [2.05, 4.69) is 20.8 Å². The second-order valence-electron chi connectivity index (χ2n) is 5.97. The Morgan fingerprint density at radius 2 is 2.09 bits per heavy atom. The molecule has 1 saturated carbocycles. The van der Waals surface area contributed by atoms with Gasteiger partial charge in [-0.2, -0.15) is 5.10 Å². The molecule has 1 aliphatic rings. The van der Waals surface area contributed by atoms with Gasteiger partial charge in [0.1, 0.15) is 0 Å². The van der Waals surface area contributed by atoms with Gasteiger partial charge in [0.05, 0.1) is 6.42 Å². The van der Waals surface area contributed by atoms with Crippen molar-refractivity contribution in [3.8, 4) is 0 Å². The Labute approximate surface area is 136 Å². The van der Waals surface area contributed by atoms with Crippen molar-refractivity contribution in [3.63, 3.8) is 0 Å². The Bertz CT molecular complexity index is 551.